The Balaban J connectivity index is 3.18. The Morgan fingerprint density at radius 2 is 2.06 bits per heavy atom. The number of carbonyl (C=O) groups is 1. The maximum atomic E-state index is 11.3. The predicted molar refractivity (Wildman–Crippen MR) is 63.2 cm³/mol. The van der Waals surface area contributed by atoms with Gasteiger partial charge in [-0.15, -0.1) is 0 Å². The van der Waals surface area contributed by atoms with E-state index < -0.39 is 5.00 Å². The zero-order valence-corrected chi connectivity index (χ0v) is 11.4. The van der Waals surface area contributed by atoms with Crippen molar-refractivity contribution in [3.05, 3.63) is 0 Å². The van der Waals surface area contributed by atoms with Gasteiger partial charge in [-0.3, -0.25) is 0 Å². The number of rotatable bonds is 11. The van der Waals surface area contributed by atoms with Crippen LogP contribution in [-0.2, 0) is 25.5 Å². The van der Waals surface area contributed by atoms with Gasteiger partial charge in [0.2, 0.25) is 0 Å². The molecule has 4 nitrogen and oxygen atoms in total. The van der Waals surface area contributed by atoms with E-state index in [0.717, 1.165) is 12.8 Å². The molecule has 0 saturated carbocycles. The average Bonchev–Trinajstić information content (AvgIpc) is 2.28. The molecule has 0 heterocycles. The molecule has 0 aromatic carbocycles. The van der Waals surface area contributed by atoms with Crippen molar-refractivity contribution in [2.45, 2.75) is 50.5 Å². The molecule has 0 aliphatic rings. The Bertz CT molecular complexity index is 189. The van der Waals surface area contributed by atoms with Crippen molar-refractivity contribution in [3.8, 4) is 0 Å². The van der Waals surface area contributed by atoms with Gasteiger partial charge in [-0.1, -0.05) is 13.3 Å². The van der Waals surface area contributed by atoms with Crippen molar-refractivity contribution in [1.29, 1.82) is 0 Å². The van der Waals surface area contributed by atoms with E-state index in [0.29, 0.717) is 26.1 Å². The molecule has 0 amide bonds. The Hall–Kier alpha value is -0.0905. The summed E-state index contributed by atoms with van der Waals surface area (Å²) in [4.78, 5) is 11.3. The first-order valence-corrected chi connectivity index (χ1v) is 6.85. The van der Waals surface area contributed by atoms with E-state index in [9.17, 15) is 4.79 Å². The fraction of sp³-hybridized carbons (Fsp3) is 0.917. The summed E-state index contributed by atoms with van der Waals surface area (Å²) >= 11 is 4.70. The van der Waals surface area contributed by atoms with Crippen LogP contribution in [0.2, 0.25) is 0 Å². The van der Waals surface area contributed by atoms with Crippen molar-refractivity contribution < 1.29 is 30.7 Å². The number of esters is 1. The monoisotopic (exact) mass is 293 g/mol. The molecule has 1 atom stereocenters. The quantitative estimate of drug-likeness (QED) is 0.343. The first-order chi connectivity index (χ1) is 8.16. The van der Waals surface area contributed by atoms with E-state index in [-0.39, 0.29) is 5.97 Å². The first kappa shape index (κ1) is 16.9. The summed E-state index contributed by atoms with van der Waals surface area (Å²) in [6.45, 7) is 3.38. The molecule has 0 aliphatic carbocycles. The molecule has 0 aromatic rings. The number of unbranched alkanes of at least 4 members (excludes halogenated alkanes) is 4. The second-order valence-electron chi connectivity index (χ2n) is 3.97. The zero-order chi connectivity index (χ0) is 12.9. The van der Waals surface area contributed by atoms with E-state index in [1.54, 1.807) is 0 Å². The van der Waals surface area contributed by atoms with Gasteiger partial charge in [0.25, 0.3) is 0 Å². The summed E-state index contributed by atoms with van der Waals surface area (Å²) in [7, 11) is 0. The average molecular weight is 294 g/mol. The van der Waals surface area contributed by atoms with Gasteiger partial charge in [0.15, 0.2) is 0 Å². The number of hydrogen-bond acceptors (Lipinski definition) is 4. The summed E-state index contributed by atoms with van der Waals surface area (Å²) in [5.74, 6) is -0.138. The second-order valence-corrected chi connectivity index (χ2v) is 4.60. The van der Waals surface area contributed by atoms with Crippen molar-refractivity contribution in [1.82, 2.24) is 5.32 Å². The van der Waals surface area contributed by atoms with E-state index in [2.05, 4.69) is 12.2 Å². The van der Waals surface area contributed by atoms with Crippen LogP contribution in [0.4, 0.5) is 0 Å². The Kier molecular flexibility index (Phi) is 12.3. The third-order valence-electron chi connectivity index (χ3n) is 2.32. The molecule has 0 rings (SSSR count). The summed E-state index contributed by atoms with van der Waals surface area (Å²) < 4.78 is 5.01. The van der Waals surface area contributed by atoms with Crippen molar-refractivity contribution in [2.24, 2.45) is 0 Å². The third-order valence-corrected chi connectivity index (χ3v) is 2.52. The van der Waals surface area contributed by atoms with Gasteiger partial charge < -0.3 is 0 Å². The second kappa shape index (κ2) is 12.4. The molecule has 0 radical (unpaired) electrons. The number of nitrogens with one attached hydrogen (secondary N) is 1. The van der Waals surface area contributed by atoms with Gasteiger partial charge in [0.1, 0.15) is 0 Å². The van der Waals surface area contributed by atoms with Crippen LogP contribution in [0.3, 0.4) is 0 Å². The van der Waals surface area contributed by atoms with Crippen molar-refractivity contribution in [2.75, 3.05) is 19.7 Å². The fourth-order valence-corrected chi connectivity index (χ4v) is 1.53. The number of aliphatic hydroxyl groups is 1. The van der Waals surface area contributed by atoms with E-state index in [4.69, 9.17) is 25.9 Å². The van der Waals surface area contributed by atoms with Crippen LogP contribution in [0.5, 0.6) is 0 Å². The van der Waals surface area contributed by atoms with Gasteiger partial charge >= 0.3 is 98.7 Å². The van der Waals surface area contributed by atoms with Crippen LogP contribution in [0.15, 0.2) is 0 Å². The van der Waals surface area contributed by atoms with Crippen LogP contribution in [0.25, 0.3) is 0 Å². The van der Waals surface area contributed by atoms with Crippen molar-refractivity contribution >= 4 is 5.97 Å². The molecule has 5 heteroatoms. The molecule has 0 aromatic heterocycles. The third kappa shape index (κ3) is 13.8. The fourth-order valence-electron chi connectivity index (χ4n) is 1.39. The minimum atomic E-state index is -0.795. The van der Waals surface area contributed by atoms with E-state index in [1.165, 1.54) is 19.3 Å². The van der Waals surface area contributed by atoms with Crippen LogP contribution >= 0.6 is 0 Å². The summed E-state index contributed by atoms with van der Waals surface area (Å²) in [5, 5.41) is 10.9. The Labute approximate surface area is 112 Å². The van der Waals surface area contributed by atoms with E-state index in [1.807, 2.05) is 0 Å². The Morgan fingerprint density at radius 3 is 2.71 bits per heavy atom. The van der Waals surface area contributed by atoms with Crippen LogP contribution in [-0.4, -0.2) is 35.8 Å². The molecule has 0 saturated heterocycles. The van der Waals surface area contributed by atoms with Crippen LogP contribution < -0.4 is 5.32 Å². The van der Waals surface area contributed by atoms with E-state index >= 15 is 0 Å². The summed E-state index contributed by atoms with van der Waals surface area (Å²) in [5.41, 5.74) is 0. The summed E-state index contributed by atoms with van der Waals surface area (Å²) in [6, 6.07) is 0. The van der Waals surface area contributed by atoms with Gasteiger partial charge in [-0.25, -0.2) is 0 Å². The standard InChI is InChI=1S/C12H24NO3.Cu/c1-2-3-4-5-6-7-12(15)16-11-9-13-8-10-14;/h10,13-14H,2-9,11H2,1H3;. The topological polar surface area (TPSA) is 58.6 Å². The minimum absolute atomic E-state index is 0.138. The van der Waals surface area contributed by atoms with Crippen molar-refractivity contribution in [3.63, 3.8) is 0 Å². The molecule has 0 spiro atoms. The van der Waals surface area contributed by atoms with Gasteiger partial charge in [0.05, 0.1) is 0 Å². The van der Waals surface area contributed by atoms with Gasteiger partial charge in [-0.05, 0) is 0 Å². The van der Waals surface area contributed by atoms with Gasteiger partial charge in [-0.2, -0.15) is 0 Å². The first-order valence-electron chi connectivity index (χ1n) is 6.31. The SMILES string of the molecule is CCCCCCCC(=O)OCCNC[CH](O)[Cu]. The molecular weight excluding hydrogens is 270 g/mol. The normalized spacial score (nSPS) is 12.5. The number of aliphatic hydroxyl groups excluding tert-OH is 1. The number of ether oxygens (including phenoxy) is 1. The molecule has 17 heavy (non-hydrogen) atoms. The number of carbonyl (C=O) groups excluding carboxylic acids is 1. The maximum absolute atomic E-state index is 11.3. The van der Waals surface area contributed by atoms with Crippen LogP contribution in [0, 0.1) is 0 Å². The summed E-state index contributed by atoms with van der Waals surface area (Å²) in [6.07, 6.45) is 6.17. The molecular formula is C12H24CuNO3. The zero-order valence-electron chi connectivity index (χ0n) is 10.5. The molecule has 106 valence electrons. The van der Waals surface area contributed by atoms with Gasteiger partial charge in [0, 0.05) is 0 Å². The molecule has 0 fully saturated rings. The number of hydrogen-bond donors (Lipinski definition) is 2. The predicted octanol–water partition coefficient (Wildman–Crippen LogP) is 1.34. The molecule has 0 aliphatic heterocycles. The molecule has 0 bridgehead atoms. The molecule has 2 N–H and O–H groups in total. The van der Waals surface area contributed by atoms with Crippen LogP contribution in [0.1, 0.15) is 45.4 Å². The Morgan fingerprint density at radius 1 is 1.35 bits per heavy atom. The molecule has 1 unspecified atom stereocenters.